The molecule has 0 unspecified atom stereocenters. The summed E-state index contributed by atoms with van der Waals surface area (Å²) in [5, 5.41) is 0.492. The Bertz CT molecular complexity index is 1220. The highest BCUT2D eigenvalue weighted by Gasteiger charge is 2.21. The van der Waals surface area contributed by atoms with E-state index in [-0.39, 0.29) is 40.0 Å². The molecule has 0 radical (unpaired) electrons. The van der Waals surface area contributed by atoms with E-state index < -0.39 is 23.4 Å². The molecule has 3 rings (SSSR count). The van der Waals surface area contributed by atoms with Gasteiger partial charge in [0, 0.05) is 61.2 Å². The predicted octanol–water partition coefficient (Wildman–Crippen LogP) is 5.23. The Morgan fingerprint density at radius 3 is 2.59 bits per heavy atom. The monoisotopic (exact) mass is 558 g/mol. The van der Waals surface area contributed by atoms with Crippen LogP contribution in [-0.2, 0) is 11.8 Å². The van der Waals surface area contributed by atoms with E-state index in [1.165, 1.54) is 26.4 Å². The highest BCUT2D eigenvalue weighted by atomic mass is 79.9. The number of aromatic nitrogens is 1. The summed E-state index contributed by atoms with van der Waals surface area (Å²) in [7, 11) is 4.56. The minimum absolute atomic E-state index is 0.00538. The summed E-state index contributed by atoms with van der Waals surface area (Å²) in [6.07, 6.45) is 0.543. The van der Waals surface area contributed by atoms with Crippen LogP contribution in [0, 0.1) is 11.6 Å². The molecule has 1 amide bonds. The third-order valence-corrected chi connectivity index (χ3v) is 5.52. The van der Waals surface area contributed by atoms with Gasteiger partial charge in [0.25, 0.3) is 0 Å². The molecular formula is C22H25BrF2N4O4S. The van der Waals surface area contributed by atoms with Crippen LogP contribution >= 0.6 is 28.1 Å². The minimum atomic E-state index is -0.805. The van der Waals surface area contributed by atoms with E-state index in [2.05, 4.69) is 30.4 Å². The second-order valence-corrected chi connectivity index (χ2v) is 8.12. The molecule has 0 atom stereocenters. The molecule has 34 heavy (non-hydrogen) atoms. The van der Waals surface area contributed by atoms with Crippen LogP contribution in [0.1, 0.15) is 30.5 Å². The first-order valence-electron chi connectivity index (χ1n) is 10.2. The van der Waals surface area contributed by atoms with Crippen LogP contribution in [0.15, 0.2) is 33.6 Å². The molecule has 0 bridgehead atoms. The number of rotatable bonds is 7. The number of halogens is 3. The number of hydrogen-bond acceptors (Lipinski definition) is 8. The molecule has 0 saturated heterocycles. The zero-order chi connectivity index (χ0) is 25.4. The number of alkyl halides is 1. The highest BCUT2D eigenvalue weighted by molar-refractivity contribution is 9.08. The number of nitrogens with zero attached hydrogens (tertiary/aromatic N) is 2. The Hall–Kier alpha value is -2.70. The third kappa shape index (κ3) is 6.24. The van der Waals surface area contributed by atoms with E-state index in [1.807, 2.05) is 13.8 Å². The van der Waals surface area contributed by atoms with E-state index in [0.717, 1.165) is 29.2 Å². The lowest BCUT2D eigenvalue weighted by Gasteiger charge is -2.14. The fraction of sp³-hybridized carbons (Fsp3) is 0.318. The Labute approximate surface area is 208 Å². The number of hydrogen-bond donors (Lipinski definition) is 2. The summed E-state index contributed by atoms with van der Waals surface area (Å²) < 4.78 is 45.3. The van der Waals surface area contributed by atoms with Crippen molar-refractivity contribution >= 4 is 50.9 Å². The van der Waals surface area contributed by atoms with Gasteiger partial charge in [0.15, 0.2) is 23.2 Å². The predicted molar refractivity (Wildman–Crippen MR) is 133 cm³/mol. The third-order valence-electron chi connectivity index (χ3n) is 4.45. The Kier molecular flexibility index (Phi) is 10.3. The Morgan fingerprint density at radius 2 is 1.97 bits per heavy atom. The van der Waals surface area contributed by atoms with Crippen LogP contribution in [0.2, 0.25) is 0 Å². The molecule has 0 spiro atoms. The molecular weight excluding hydrogens is 534 g/mol. The molecule has 0 aliphatic carbocycles. The van der Waals surface area contributed by atoms with Crippen molar-refractivity contribution in [3.8, 4) is 5.75 Å². The Balaban J connectivity index is 0.00000199. The lowest BCUT2D eigenvalue weighted by atomic mass is 9.99. The maximum absolute atomic E-state index is 14.8. The molecule has 2 heterocycles. The lowest BCUT2D eigenvalue weighted by molar-refractivity contribution is 0.170. The van der Waals surface area contributed by atoms with Gasteiger partial charge < -0.3 is 14.1 Å². The molecule has 0 saturated carbocycles. The van der Waals surface area contributed by atoms with E-state index in [1.54, 1.807) is 7.05 Å². The normalized spacial score (nSPS) is 10.5. The number of benzene rings is 1. The first-order valence-corrected chi connectivity index (χ1v) is 12.2. The van der Waals surface area contributed by atoms with Crippen LogP contribution in [0.5, 0.6) is 5.75 Å². The summed E-state index contributed by atoms with van der Waals surface area (Å²) in [5.41, 5.74) is 0.156. The van der Waals surface area contributed by atoms with Gasteiger partial charge in [0.2, 0.25) is 0 Å². The van der Waals surface area contributed by atoms with E-state index in [0.29, 0.717) is 10.9 Å². The summed E-state index contributed by atoms with van der Waals surface area (Å²) in [6.45, 7) is 4.00. The van der Waals surface area contributed by atoms with Crippen LogP contribution in [-0.4, -0.2) is 37.1 Å². The highest BCUT2D eigenvalue weighted by Crippen LogP contribution is 2.30. The van der Waals surface area contributed by atoms with Gasteiger partial charge in [-0.2, -0.15) is 0 Å². The number of pyridine rings is 1. The lowest BCUT2D eigenvalue weighted by Crippen LogP contribution is -2.25. The fourth-order valence-electron chi connectivity index (χ4n) is 2.88. The zero-order valence-electron chi connectivity index (χ0n) is 19.3. The first-order chi connectivity index (χ1) is 16.3. The van der Waals surface area contributed by atoms with E-state index in [9.17, 15) is 18.4 Å². The summed E-state index contributed by atoms with van der Waals surface area (Å²) in [6, 6.07) is 3.72. The maximum Gasteiger partial charge on any atom is 0.414 e. The first kappa shape index (κ1) is 27.5. The van der Waals surface area contributed by atoms with Gasteiger partial charge in [-0.25, -0.2) is 28.1 Å². The maximum atomic E-state index is 14.8. The van der Waals surface area contributed by atoms with E-state index >= 15 is 0 Å². The number of anilines is 1. The number of carbonyl (C=O) groups is 1. The van der Waals surface area contributed by atoms with Crippen molar-refractivity contribution in [3.05, 3.63) is 63.1 Å². The van der Waals surface area contributed by atoms with Crippen molar-refractivity contribution in [1.82, 2.24) is 14.6 Å². The zero-order valence-corrected chi connectivity index (χ0v) is 21.7. The number of amides is 1. The van der Waals surface area contributed by atoms with Crippen molar-refractivity contribution in [3.63, 3.8) is 0 Å². The largest absolute Gasteiger partial charge is 0.422 e. The van der Waals surface area contributed by atoms with Gasteiger partial charge in [-0.05, 0) is 30.3 Å². The smallest absolute Gasteiger partial charge is 0.414 e. The molecule has 12 heteroatoms. The fourth-order valence-corrected chi connectivity index (χ4v) is 3.86. The number of fused-ring (bicyclic) bond motifs is 1. The Morgan fingerprint density at radius 1 is 1.26 bits per heavy atom. The van der Waals surface area contributed by atoms with Crippen molar-refractivity contribution in [2.24, 2.45) is 0 Å². The number of carbonyl (C=O) groups excluding carboxylic acids is 1. The van der Waals surface area contributed by atoms with Gasteiger partial charge in [-0.15, -0.1) is 0 Å². The van der Waals surface area contributed by atoms with Gasteiger partial charge in [-0.1, -0.05) is 29.8 Å². The van der Waals surface area contributed by atoms with Crippen LogP contribution < -0.4 is 19.8 Å². The van der Waals surface area contributed by atoms with E-state index in [4.69, 9.17) is 9.15 Å². The quantitative estimate of drug-likeness (QED) is 0.231. The minimum Gasteiger partial charge on any atom is -0.422 e. The molecule has 184 valence electrons. The van der Waals surface area contributed by atoms with Crippen molar-refractivity contribution in [1.29, 1.82) is 0 Å². The summed E-state index contributed by atoms with van der Waals surface area (Å²) in [4.78, 5) is 29.6. The topological polar surface area (TPSA) is 96.7 Å². The molecule has 2 aromatic heterocycles. The van der Waals surface area contributed by atoms with Gasteiger partial charge >= 0.3 is 11.7 Å². The second-order valence-electron chi connectivity index (χ2n) is 6.74. The molecule has 0 fully saturated rings. The van der Waals surface area contributed by atoms with Gasteiger partial charge in [-0.3, -0.25) is 4.72 Å². The summed E-state index contributed by atoms with van der Waals surface area (Å²) in [5.74, 6) is -1.79. The molecule has 8 nitrogen and oxygen atoms in total. The molecule has 0 aliphatic rings. The van der Waals surface area contributed by atoms with Crippen molar-refractivity contribution in [2.45, 2.75) is 25.6 Å². The molecule has 0 aliphatic heterocycles. The van der Waals surface area contributed by atoms with Crippen LogP contribution in [0.4, 0.5) is 19.4 Å². The van der Waals surface area contributed by atoms with Gasteiger partial charge in [0.1, 0.15) is 5.58 Å². The SMILES string of the molecule is CC.CNSNc1nccc(Cc2c(CBr)c3cc(F)c(OC(=O)N(C)C)cc3oc2=O)c1F. The summed E-state index contributed by atoms with van der Waals surface area (Å²) >= 11 is 4.36. The van der Waals surface area contributed by atoms with Crippen LogP contribution in [0.25, 0.3) is 11.0 Å². The molecule has 1 aromatic carbocycles. The van der Waals surface area contributed by atoms with Gasteiger partial charge in [0.05, 0.1) is 0 Å². The standard InChI is InChI=1S/C20H19BrF2N4O4S.C2H6/c1-24-32-26-18-17(23)10(4-5-25-18)6-12-13(9-21)11-7-14(22)16(31-20(29)27(2)3)8-15(11)30-19(12)28;1-2/h4-5,7-8,24H,6,9H2,1-3H3,(H,25,26);1-2H3. The average molecular weight is 559 g/mol. The van der Waals surface area contributed by atoms with Crippen molar-refractivity contribution < 1.29 is 22.7 Å². The van der Waals surface area contributed by atoms with Crippen LogP contribution in [0.3, 0.4) is 0 Å². The number of ether oxygens (including phenoxy) is 1. The second kappa shape index (κ2) is 12.7. The average Bonchev–Trinajstić information content (AvgIpc) is 2.82. The number of nitrogens with one attached hydrogen (secondary N) is 2. The molecule has 2 N–H and O–H groups in total. The molecule has 3 aromatic rings. The van der Waals surface area contributed by atoms with Crippen molar-refractivity contribution in [2.75, 3.05) is 25.9 Å².